The van der Waals surface area contributed by atoms with Crippen LogP contribution in [-0.4, -0.2) is 43.4 Å². The fraction of sp³-hybridized carbons (Fsp3) is 0.833. The number of rotatable bonds is 1. The van der Waals surface area contributed by atoms with Crippen molar-refractivity contribution in [3.05, 3.63) is 0 Å². The monoisotopic (exact) mass is 143 g/mol. The number of ether oxygens (including phenoxy) is 2. The van der Waals surface area contributed by atoms with Gasteiger partial charge in [0.2, 0.25) is 0 Å². The minimum absolute atomic E-state index is 0.0955. The summed E-state index contributed by atoms with van der Waals surface area (Å²) < 4.78 is 9.79. The maximum absolute atomic E-state index is 10.5. The molecule has 0 saturated carbocycles. The van der Waals surface area contributed by atoms with Crippen LogP contribution < -0.4 is 0 Å². The van der Waals surface area contributed by atoms with E-state index in [9.17, 15) is 4.79 Å². The summed E-state index contributed by atoms with van der Waals surface area (Å²) in [6.45, 7) is 3.06. The zero-order chi connectivity index (χ0) is 6.97. The molecule has 2 aliphatic heterocycles. The lowest BCUT2D eigenvalue weighted by Gasteiger charge is -2.22. The summed E-state index contributed by atoms with van der Waals surface area (Å²) >= 11 is 0. The Balaban J connectivity index is 1.86. The second-order valence-electron chi connectivity index (χ2n) is 2.44. The first-order valence-corrected chi connectivity index (χ1v) is 3.40. The highest BCUT2D eigenvalue weighted by Crippen LogP contribution is 2.18. The Hall–Kier alpha value is -0.610. The summed E-state index contributed by atoms with van der Waals surface area (Å²) in [5, 5.41) is 0. The Bertz CT molecular complexity index is 153. The first-order chi connectivity index (χ1) is 4.88. The molecule has 4 nitrogen and oxygen atoms in total. The van der Waals surface area contributed by atoms with Gasteiger partial charge >= 0.3 is 5.97 Å². The molecule has 0 bridgehead atoms. The number of epoxide rings is 1. The molecule has 0 N–H and O–H groups in total. The van der Waals surface area contributed by atoms with Crippen LogP contribution >= 0.6 is 0 Å². The van der Waals surface area contributed by atoms with E-state index in [0.29, 0.717) is 13.2 Å². The van der Waals surface area contributed by atoms with E-state index < -0.39 is 0 Å². The third-order valence-electron chi connectivity index (χ3n) is 1.75. The molecule has 0 amide bonds. The normalized spacial score (nSPS) is 33.6. The van der Waals surface area contributed by atoms with E-state index in [1.807, 2.05) is 4.90 Å². The molecule has 10 heavy (non-hydrogen) atoms. The lowest BCUT2D eigenvalue weighted by Crippen LogP contribution is -2.38. The van der Waals surface area contributed by atoms with Gasteiger partial charge in [0.05, 0.1) is 13.2 Å². The second kappa shape index (κ2) is 2.21. The van der Waals surface area contributed by atoms with Crippen molar-refractivity contribution < 1.29 is 14.3 Å². The predicted octanol–water partition coefficient (Wildman–Crippen LogP) is -0.798. The van der Waals surface area contributed by atoms with Gasteiger partial charge in [0.25, 0.3) is 6.23 Å². The highest BCUT2D eigenvalue weighted by molar-refractivity contribution is 5.86. The molecule has 2 rings (SSSR count). The van der Waals surface area contributed by atoms with Crippen molar-refractivity contribution in [2.45, 2.75) is 6.23 Å². The molecular formula is C6H9NO3. The van der Waals surface area contributed by atoms with Gasteiger partial charge < -0.3 is 9.47 Å². The SMILES string of the molecule is O=C1O[C@H]1N1CCOCC1. The van der Waals surface area contributed by atoms with Crippen molar-refractivity contribution in [2.24, 2.45) is 0 Å². The van der Waals surface area contributed by atoms with Crippen LogP contribution in [0.5, 0.6) is 0 Å². The fourth-order valence-corrected chi connectivity index (χ4v) is 1.11. The van der Waals surface area contributed by atoms with Gasteiger partial charge in [0, 0.05) is 13.1 Å². The van der Waals surface area contributed by atoms with E-state index in [1.165, 1.54) is 0 Å². The van der Waals surface area contributed by atoms with Crippen LogP contribution in [-0.2, 0) is 14.3 Å². The summed E-state index contributed by atoms with van der Waals surface area (Å²) in [6.07, 6.45) is -0.233. The van der Waals surface area contributed by atoms with Crippen molar-refractivity contribution >= 4 is 5.97 Å². The minimum Gasteiger partial charge on any atom is -0.431 e. The average Bonchev–Trinajstić information content (AvgIpc) is 2.69. The van der Waals surface area contributed by atoms with Crippen LogP contribution in [0, 0.1) is 0 Å². The molecule has 1 atom stereocenters. The maximum atomic E-state index is 10.5. The zero-order valence-electron chi connectivity index (χ0n) is 5.58. The summed E-state index contributed by atoms with van der Waals surface area (Å²) in [5.41, 5.74) is 0. The van der Waals surface area contributed by atoms with Crippen LogP contribution in [0.4, 0.5) is 0 Å². The molecular weight excluding hydrogens is 134 g/mol. The van der Waals surface area contributed by atoms with Gasteiger partial charge in [-0.1, -0.05) is 0 Å². The summed E-state index contributed by atoms with van der Waals surface area (Å²) in [4.78, 5) is 12.5. The number of hydrogen-bond acceptors (Lipinski definition) is 4. The molecule has 2 aliphatic rings. The second-order valence-corrected chi connectivity index (χ2v) is 2.44. The van der Waals surface area contributed by atoms with E-state index in [1.54, 1.807) is 0 Å². The molecule has 0 aromatic carbocycles. The van der Waals surface area contributed by atoms with Gasteiger partial charge in [-0.25, -0.2) is 4.79 Å². The van der Waals surface area contributed by atoms with E-state index in [4.69, 9.17) is 4.74 Å². The molecule has 0 radical (unpaired) electrons. The van der Waals surface area contributed by atoms with Crippen molar-refractivity contribution in [1.29, 1.82) is 0 Å². The lowest BCUT2D eigenvalue weighted by molar-refractivity contribution is -0.117. The largest absolute Gasteiger partial charge is 0.431 e. The number of hydrogen-bond donors (Lipinski definition) is 0. The number of morpholine rings is 1. The minimum atomic E-state index is -0.233. The van der Waals surface area contributed by atoms with Gasteiger partial charge in [-0.2, -0.15) is 0 Å². The van der Waals surface area contributed by atoms with Crippen molar-refractivity contribution in [1.82, 2.24) is 4.90 Å². The third kappa shape index (κ3) is 0.998. The Labute approximate surface area is 58.7 Å². The smallest absolute Gasteiger partial charge is 0.365 e. The van der Waals surface area contributed by atoms with Gasteiger partial charge in [-0.05, 0) is 0 Å². The molecule has 0 aliphatic carbocycles. The summed E-state index contributed by atoms with van der Waals surface area (Å²) in [7, 11) is 0. The summed E-state index contributed by atoms with van der Waals surface area (Å²) in [6, 6.07) is 0. The summed E-state index contributed by atoms with van der Waals surface area (Å²) in [5.74, 6) is -0.0955. The third-order valence-corrected chi connectivity index (χ3v) is 1.75. The van der Waals surface area contributed by atoms with E-state index in [-0.39, 0.29) is 12.2 Å². The van der Waals surface area contributed by atoms with Gasteiger partial charge in [0.15, 0.2) is 0 Å². The van der Waals surface area contributed by atoms with Crippen LogP contribution in [0.1, 0.15) is 0 Å². The van der Waals surface area contributed by atoms with Gasteiger partial charge in [-0.3, -0.25) is 4.90 Å². The van der Waals surface area contributed by atoms with E-state index in [0.717, 1.165) is 13.1 Å². The lowest BCUT2D eigenvalue weighted by atomic mass is 10.4. The van der Waals surface area contributed by atoms with Crippen LogP contribution in [0.25, 0.3) is 0 Å². The number of nitrogens with zero attached hydrogens (tertiary/aromatic N) is 1. The first-order valence-electron chi connectivity index (χ1n) is 3.40. The van der Waals surface area contributed by atoms with Crippen molar-refractivity contribution in [2.75, 3.05) is 26.3 Å². The average molecular weight is 143 g/mol. The quantitative estimate of drug-likeness (QED) is 0.451. The van der Waals surface area contributed by atoms with Crippen molar-refractivity contribution in [3.8, 4) is 0 Å². The first kappa shape index (κ1) is 6.12. The molecule has 0 aromatic rings. The molecule has 2 heterocycles. The Kier molecular flexibility index (Phi) is 1.35. The molecule has 2 fully saturated rings. The van der Waals surface area contributed by atoms with E-state index in [2.05, 4.69) is 4.74 Å². The Morgan fingerprint density at radius 1 is 1.40 bits per heavy atom. The van der Waals surface area contributed by atoms with Gasteiger partial charge in [0.1, 0.15) is 0 Å². The maximum Gasteiger partial charge on any atom is 0.365 e. The van der Waals surface area contributed by atoms with Crippen LogP contribution in [0.2, 0.25) is 0 Å². The number of carbonyl (C=O) groups is 1. The topological polar surface area (TPSA) is 42.1 Å². The molecule has 0 spiro atoms. The standard InChI is InChI=1S/C6H9NO3/c8-6-5(10-6)7-1-3-9-4-2-7/h5H,1-4H2/t5-/m1/s1. The van der Waals surface area contributed by atoms with Crippen molar-refractivity contribution in [3.63, 3.8) is 0 Å². The van der Waals surface area contributed by atoms with Gasteiger partial charge in [-0.15, -0.1) is 0 Å². The highest BCUT2D eigenvalue weighted by Gasteiger charge is 2.43. The fourth-order valence-electron chi connectivity index (χ4n) is 1.11. The molecule has 4 heteroatoms. The highest BCUT2D eigenvalue weighted by atomic mass is 16.7. The number of cyclic esters (lactones) is 1. The molecule has 0 aromatic heterocycles. The van der Waals surface area contributed by atoms with Crippen LogP contribution in [0.15, 0.2) is 0 Å². The van der Waals surface area contributed by atoms with E-state index >= 15 is 0 Å². The number of carbonyl (C=O) groups excluding carboxylic acids is 1. The molecule has 2 saturated heterocycles. The predicted molar refractivity (Wildman–Crippen MR) is 32.3 cm³/mol. The zero-order valence-corrected chi connectivity index (χ0v) is 5.58. The van der Waals surface area contributed by atoms with Crippen LogP contribution in [0.3, 0.4) is 0 Å². The Morgan fingerprint density at radius 3 is 2.50 bits per heavy atom. The molecule has 56 valence electrons. The molecule has 0 unspecified atom stereocenters. The Morgan fingerprint density at radius 2 is 2.00 bits per heavy atom.